The van der Waals surface area contributed by atoms with E-state index in [2.05, 4.69) is 30.8 Å². The first-order valence-electron chi connectivity index (χ1n) is 7.83. The van der Waals surface area contributed by atoms with Gasteiger partial charge < -0.3 is 10.6 Å². The Balaban J connectivity index is 0.00000280. The third-order valence-electron chi connectivity index (χ3n) is 3.66. The van der Waals surface area contributed by atoms with Crippen LogP contribution in [0.15, 0.2) is 41.7 Å². The summed E-state index contributed by atoms with van der Waals surface area (Å²) in [4.78, 5) is 8.25. The van der Waals surface area contributed by atoms with Gasteiger partial charge in [0, 0.05) is 19.4 Å². The fourth-order valence-corrected chi connectivity index (χ4v) is 2.58. The number of pyridine rings is 2. The summed E-state index contributed by atoms with van der Waals surface area (Å²) >= 11 is 5.90. The number of hydrogen-bond acceptors (Lipinski definition) is 4. The second-order valence-electron chi connectivity index (χ2n) is 5.48. The molecule has 3 rings (SSSR count). The molecule has 0 aromatic carbocycles. The van der Waals surface area contributed by atoms with Crippen molar-refractivity contribution >= 4 is 47.2 Å². The Kier molecular flexibility index (Phi) is 7.41. The van der Waals surface area contributed by atoms with Crippen molar-refractivity contribution in [1.82, 2.24) is 30.2 Å². The molecule has 0 unspecified atom stereocenters. The number of hydrogen-bond donors (Lipinski definition) is 2. The van der Waals surface area contributed by atoms with Gasteiger partial charge in [-0.1, -0.05) is 17.7 Å². The molecule has 7 nitrogen and oxygen atoms in total. The highest BCUT2D eigenvalue weighted by Crippen LogP contribution is 2.32. The van der Waals surface area contributed by atoms with E-state index >= 15 is 0 Å². The van der Waals surface area contributed by atoms with Crippen molar-refractivity contribution in [2.24, 2.45) is 4.99 Å². The fourth-order valence-electron chi connectivity index (χ4n) is 2.34. The number of halogens is 5. The molecule has 3 heterocycles. The van der Waals surface area contributed by atoms with Gasteiger partial charge >= 0.3 is 6.18 Å². The first-order valence-corrected chi connectivity index (χ1v) is 8.21. The van der Waals surface area contributed by atoms with Crippen LogP contribution in [0.5, 0.6) is 0 Å². The van der Waals surface area contributed by atoms with Gasteiger partial charge in [0.15, 0.2) is 17.4 Å². The van der Waals surface area contributed by atoms with Crippen molar-refractivity contribution in [2.45, 2.75) is 19.3 Å². The van der Waals surface area contributed by atoms with E-state index in [4.69, 9.17) is 11.6 Å². The SMILES string of the molecule is CN=C(NCc1ccccn1)NCc1nnc2c(Cl)cc(C(F)(F)F)cn12.I. The molecule has 0 atom stereocenters. The van der Waals surface area contributed by atoms with E-state index in [1.807, 2.05) is 18.2 Å². The summed E-state index contributed by atoms with van der Waals surface area (Å²) in [5.41, 5.74) is 0.0894. The molecule has 0 bridgehead atoms. The Bertz CT molecular complexity index is 960. The monoisotopic (exact) mass is 525 g/mol. The van der Waals surface area contributed by atoms with Gasteiger partial charge in [-0.25, -0.2) is 0 Å². The number of rotatable bonds is 4. The van der Waals surface area contributed by atoms with Crippen LogP contribution in [-0.2, 0) is 19.3 Å². The Morgan fingerprint density at radius 2 is 1.96 bits per heavy atom. The second kappa shape index (κ2) is 9.37. The van der Waals surface area contributed by atoms with Gasteiger partial charge in [0.05, 0.1) is 29.4 Å². The summed E-state index contributed by atoms with van der Waals surface area (Å²) in [7, 11) is 1.58. The predicted octanol–water partition coefficient (Wildman–Crippen LogP) is 3.28. The van der Waals surface area contributed by atoms with Crippen LogP contribution in [-0.4, -0.2) is 32.6 Å². The van der Waals surface area contributed by atoms with Crippen LogP contribution in [0, 0.1) is 0 Å². The average Bonchev–Trinajstić information content (AvgIpc) is 3.06. The van der Waals surface area contributed by atoms with Crippen molar-refractivity contribution in [3.8, 4) is 0 Å². The maximum absolute atomic E-state index is 13.0. The fraction of sp³-hybridized carbons (Fsp3) is 0.250. The number of guanidine groups is 1. The van der Waals surface area contributed by atoms with E-state index in [1.54, 1.807) is 13.2 Å². The molecule has 0 spiro atoms. The molecule has 28 heavy (non-hydrogen) atoms. The zero-order chi connectivity index (χ0) is 19.4. The van der Waals surface area contributed by atoms with Crippen LogP contribution in [0.4, 0.5) is 13.2 Å². The Morgan fingerprint density at radius 1 is 1.21 bits per heavy atom. The largest absolute Gasteiger partial charge is 0.417 e. The summed E-state index contributed by atoms with van der Waals surface area (Å²) in [5.74, 6) is 0.703. The molecular formula is C16H16ClF3IN7. The van der Waals surface area contributed by atoms with E-state index in [1.165, 1.54) is 4.40 Å². The molecule has 0 aliphatic carbocycles. The average molecular weight is 526 g/mol. The molecule has 12 heteroatoms. The molecular weight excluding hydrogens is 510 g/mol. The predicted molar refractivity (Wildman–Crippen MR) is 110 cm³/mol. The van der Waals surface area contributed by atoms with E-state index < -0.39 is 11.7 Å². The van der Waals surface area contributed by atoms with Crippen LogP contribution in [0.2, 0.25) is 5.02 Å². The number of nitrogens with zero attached hydrogens (tertiary/aromatic N) is 5. The van der Waals surface area contributed by atoms with Gasteiger partial charge in [0.1, 0.15) is 0 Å². The second-order valence-corrected chi connectivity index (χ2v) is 5.89. The minimum absolute atomic E-state index is 0. The van der Waals surface area contributed by atoms with Crippen LogP contribution >= 0.6 is 35.6 Å². The van der Waals surface area contributed by atoms with Gasteiger partial charge in [-0.2, -0.15) is 13.2 Å². The number of fused-ring (bicyclic) bond motifs is 1. The van der Waals surface area contributed by atoms with E-state index in [9.17, 15) is 13.2 Å². The highest BCUT2D eigenvalue weighted by Gasteiger charge is 2.32. The van der Waals surface area contributed by atoms with E-state index in [-0.39, 0.29) is 47.0 Å². The number of aromatic nitrogens is 4. The zero-order valence-corrected chi connectivity index (χ0v) is 17.6. The quantitative estimate of drug-likeness (QED) is 0.311. The molecule has 0 aliphatic rings. The highest BCUT2D eigenvalue weighted by atomic mass is 127. The van der Waals surface area contributed by atoms with Gasteiger partial charge in [-0.05, 0) is 18.2 Å². The molecule has 2 N–H and O–H groups in total. The highest BCUT2D eigenvalue weighted by molar-refractivity contribution is 14.0. The molecule has 0 aliphatic heterocycles. The molecule has 0 radical (unpaired) electrons. The van der Waals surface area contributed by atoms with Gasteiger partial charge in [-0.3, -0.25) is 14.4 Å². The standard InChI is InChI=1S/C16H15ClF3N7.HI/c1-21-15(23-7-11-4-2-3-5-22-11)24-8-13-25-26-14-12(17)6-10(9-27(13)14)16(18,19)20;/h2-6,9H,7-8H2,1H3,(H2,21,23,24);1H. The van der Waals surface area contributed by atoms with Crippen molar-refractivity contribution < 1.29 is 13.2 Å². The van der Waals surface area contributed by atoms with Crippen LogP contribution in [0.1, 0.15) is 17.1 Å². The minimum Gasteiger partial charge on any atom is -0.351 e. The number of aliphatic imine (C=N–C) groups is 1. The molecule has 0 saturated heterocycles. The minimum atomic E-state index is -4.52. The van der Waals surface area contributed by atoms with Crippen molar-refractivity contribution in [2.75, 3.05) is 7.05 Å². The van der Waals surface area contributed by atoms with Crippen LogP contribution < -0.4 is 10.6 Å². The zero-order valence-electron chi connectivity index (χ0n) is 14.5. The molecule has 0 amide bonds. The Hall–Kier alpha value is -2.15. The third-order valence-corrected chi connectivity index (χ3v) is 3.94. The van der Waals surface area contributed by atoms with Crippen molar-refractivity contribution in [3.63, 3.8) is 0 Å². The lowest BCUT2D eigenvalue weighted by Gasteiger charge is -2.12. The Morgan fingerprint density at radius 3 is 2.61 bits per heavy atom. The lowest BCUT2D eigenvalue weighted by molar-refractivity contribution is -0.137. The summed E-state index contributed by atoms with van der Waals surface area (Å²) in [6.45, 7) is 0.534. The van der Waals surface area contributed by atoms with E-state index in [0.29, 0.717) is 12.5 Å². The summed E-state index contributed by atoms with van der Waals surface area (Å²) in [5, 5.41) is 13.7. The number of alkyl halides is 3. The molecule has 3 aromatic heterocycles. The lowest BCUT2D eigenvalue weighted by Crippen LogP contribution is -2.37. The summed E-state index contributed by atoms with van der Waals surface area (Å²) < 4.78 is 40.2. The van der Waals surface area contributed by atoms with E-state index in [0.717, 1.165) is 18.0 Å². The first-order chi connectivity index (χ1) is 12.9. The van der Waals surface area contributed by atoms with Gasteiger partial charge in [-0.15, -0.1) is 34.2 Å². The smallest absolute Gasteiger partial charge is 0.351 e. The maximum atomic E-state index is 13.0. The molecule has 3 aromatic rings. The summed E-state index contributed by atoms with van der Waals surface area (Å²) in [6, 6.07) is 6.36. The Labute approximate surface area is 180 Å². The normalized spacial score (nSPS) is 12.0. The summed E-state index contributed by atoms with van der Waals surface area (Å²) in [6.07, 6.45) is -1.92. The van der Waals surface area contributed by atoms with Crippen molar-refractivity contribution in [1.29, 1.82) is 0 Å². The first kappa shape index (κ1) is 22.1. The molecule has 0 fully saturated rings. The number of nitrogens with one attached hydrogen (secondary N) is 2. The van der Waals surface area contributed by atoms with Crippen molar-refractivity contribution in [3.05, 3.63) is 58.8 Å². The molecule has 150 valence electrons. The third kappa shape index (κ3) is 5.22. The lowest BCUT2D eigenvalue weighted by atomic mass is 10.3. The van der Waals surface area contributed by atoms with Gasteiger partial charge in [0.25, 0.3) is 0 Å². The van der Waals surface area contributed by atoms with Crippen LogP contribution in [0.25, 0.3) is 5.65 Å². The van der Waals surface area contributed by atoms with Gasteiger partial charge in [0.2, 0.25) is 0 Å². The maximum Gasteiger partial charge on any atom is 0.417 e. The van der Waals surface area contributed by atoms with Crippen LogP contribution in [0.3, 0.4) is 0 Å². The topological polar surface area (TPSA) is 79.5 Å². The molecule has 0 saturated carbocycles.